The molecule has 0 bridgehead atoms. The Morgan fingerprint density at radius 2 is 1.69 bits per heavy atom. The molecule has 14 heteroatoms. The molecule has 0 aliphatic carbocycles. The van der Waals surface area contributed by atoms with Crippen LogP contribution in [0.2, 0.25) is 6.32 Å². The van der Waals surface area contributed by atoms with Crippen LogP contribution >= 0.6 is 0 Å². The monoisotopic (exact) mass is 608 g/mol. The lowest BCUT2D eigenvalue weighted by molar-refractivity contribution is -0.387. The molecule has 1 unspecified atom stereocenters. The molecule has 2 atom stereocenters. The molecule has 2 aliphatic rings. The number of nitrogens with one attached hydrogen (secondary N) is 2. The van der Waals surface area contributed by atoms with Crippen molar-refractivity contribution in [3.8, 4) is 0 Å². The van der Waals surface area contributed by atoms with E-state index in [1.165, 1.54) is 29.4 Å². The van der Waals surface area contributed by atoms with E-state index in [0.717, 1.165) is 6.07 Å². The Kier molecular flexibility index (Phi) is 9.87. The van der Waals surface area contributed by atoms with Crippen molar-refractivity contribution < 1.29 is 32.2 Å². The molecule has 3 rings (SSSR count). The zero-order valence-corrected chi connectivity index (χ0v) is 26.8. The number of benzene rings is 1. The first-order valence-corrected chi connectivity index (χ1v) is 15.9. The first-order valence-electron chi connectivity index (χ1n) is 14.4. The van der Waals surface area contributed by atoms with Gasteiger partial charge in [0.05, 0.1) is 16.1 Å². The van der Waals surface area contributed by atoms with Crippen LogP contribution in [0.25, 0.3) is 0 Å². The van der Waals surface area contributed by atoms with Crippen molar-refractivity contribution in [3.63, 3.8) is 0 Å². The predicted octanol–water partition coefficient (Wildman–Crippen LogP) is 3.66. The summed E-state index contributed by atoms with van der Waals surface area (Å²) in [7, 11) is -4.64. The van der Waals surface area contributed by atoms with Crippen molar-refractivity contribution in [1.82, 2.24) is 14.9 Å². The maximum atomic E-state index is 14.0. The van der Waals surface area contributed by atoms with Crippen molar-refractivity contribution in [2.45, 2.75) is 115 Å². The second kappa shape index (κ2) is 12.2. The highest BCUT2D eigenvalue weighted by Crippen LogP contribution is 2.40. The summed E-state index contributed by atoms with van der Waals surface area (Å²) < 4.78 is 40.5. The molecule has 2 aliphatic heterocycles. The van der Waals surface area contributed by atoms with Crippen LogP contribution in [0.15, 0.2) is 29.2 Å². The largest absolute Gasteiger partial charge is 0.457 e. The minimum atomic E-state index is -4.24. The van der Waals surface area contributed by atoms with E-state index in [0.29, 0.717) is 19.2 Å². The van der Waals surface area contributed by atoms with Crippen molar-refractivity contribution in [2.75, 3.05) is 13.1 Å². The number of sulfonamides is 1. The third-order valence-electron chi connectivity index (χ3n) is 8.38. The summed E-state index contributed by atoms with van der Waals surface area (Å²) in [6.45, 7) is 14.7. The highest BCUT2D eigenvalue weighted by Gasteiger charge is 2.52. The molecule has 2 amide bonds. The summed E-state index contributed by atoms with van der Waals surface area (Å²) in [4.78, 5) is 37.0. The van der Waals surface area contributed by atoms with Gasteiger partial charge in [-0.2, -0.15) is 4.31 Å². The molecular formula is C28H45BN4O8S. The summed E-state index contributed by atoms with van der Waals surface area (Å²) in [6, 6.07) is 5.21. The van der Waals surface area contributed by atoms with Crippen molar-refractivity contribution >= 4 is 34.6 Å². The van der Waals surface area contributed by atoms with Gasteiger partial charge in [-0.1, -0.05) is 25.0 Å². The third-order valence-corrected chi connectivity index (χ3v) is 10.3. The number of hydrogen-bond donors (Lipinski definition) is 2. The number of amides is 2. The topological polar surface area (TPSA) is 157 Å². The fourth-order valence-corrected chi connectivity index (χ4v) is 7.26. The molecule has 2 N–H and O–H groups in total. The van der Waals surface area contributed by atoms with E-state index < -0.39 is 72.7 Å². The molecular weight excluding hydrogens is 563 g/mol. The standard InChI is InChI=1S/C28H45BN4O8S/c1-20(34)30-28(24(35)31-25(2,3)4,16-11-12-17-29-40-26(5,6)27(7,8)41-29)21-15-18-32(19-21)42(38,39)23-14-10-9-13-22(23)33(36)37/h9-10,13-14,21H,11-12,15-19H2,1-8H3,(H,30,34)(H,31,35)/t21-,28?/m1/s1. The van der Waals surface area contributed by atoms with Gasteiger partial charge in [0.15, 0.2) is 4.90 Å². The lowest BCUT2D eigenvalue weighted by atomic mass is 9.75. The maximum Gasteiger partial charge on any atom is 0.457 e. The molecule has 12 nitrogen and oxygen atoms in total. The summed E-state index contributed by atoms with van der Waals surface area (Å²) in [5.74, 6) is -1.38. The van der Waals surface area contributed by atoms with Gasteiger partial charge in [-0.15, -0.1) is 0 Å². The number of carbonyl (C=O) groups excluding carboxylic acids is 2. The Hall–Kier alpha value is -2.55. The van der Waals surface area contributed by atoms with Crippen LogP contribution in [0.1, 0.15) is 81.1 Å². The predicted molar refractivity (Wildman–Crippen MR) is 159 cm³/mol. The number of nitro groups is 1. The molecule has 42 heavy (non-hydrogen) atoms. The van der Waals surface area contributed by atoms with Gasteiger partial charge in [0, 0.05) is 37.5 Å². The van der Waals surface area contributed by atoms with Crippen molar-refractivity contribution in [2.24, 2.45) is 5.92 Å². The van der Waals surface area contributed by atoms with E-state index in [-0.39, 0.29) is 25.9 Å². The number of nitro benzene ring substituents is 1. The Labute approximate surface area is 249 Å². The number of carbonyl (C=O) groups is 2. The molecule has 1 aromatic rings. The maximum absolute atomic E-state index is 14.0. The molecule has 2 heterocycles. The van der Waals surface area contributed by atoms with E-state index >= 15 is 0 Å². The van der Waals surface area contributed by atoms with E-state index in [9.17, 15) is 28.1 Å². The number of hydrogen-bond acceptors (Lipinski definition) is 8. The highest BCUT2D eigenvalue weighted by atomic mass is 32.2. The fourth-order valence-electron chi connectivity index (χ4n) is 5.60. The Balaban J connectivity index is 1.87. The number of para-hydroxylation sites is 1. The quantitative estimate of drug-likeness (QED) is 0.167. The van der Waals surface area contributed by atoms with Crippen LogP contribution in [-0.4, -0.2) is 71.9 Å². The number of nitrogens with zero attached hydrogens (tertiary/aromatic N) is 2. The van der Waals surface area contributed by atoms with Crippen LogP contribution in [0.3, 0.4) is 0 Å². The minimum absolute atomic E-state index is 0.0527. The van der Waals surface area contributed by atoms with Crippen LogP contribution < -0.4 is 10.6 Å². The van der Waals surface area contributed by atoms with E-state index in [4.69, 9.17) is 9.31 Å². The highest BCUT2D eigenvalue weighted by molar-refractivity contribution is 7.89. The molecule has 234 valence electrons. The minimum Gasteiger partial charge on any atom is -0.403 e. The van der Waals surface area contributed by atoms with Gasteiger partial charge in [0.1, 0.15) is 5.54 Å². The SMILES string of the molecule is CC(=O)NC(CCCCB1OC(C)(C)C(C)(C)O1)(C(=O)NC(C)(C)C)[C@@H]1CCN(S(=O)(=O)c2ccccc2[N+](=O)[O-])C1. The molecule has 0 spiro atoms. The number of rotatable bonds is 11. The first kappa shape index (κ1) is 34.0. The fraction of sp³-hybridized carbons (Fsp3) is 0.714. The third kappa shape index (κ3) is 7.32. The number of unbranched alkanes of at least 4 members (excludes halogenated alkanes) is 1. The van der Waals surface area contributed by atoms with Crippen LogP contribution in [0.4, 0.5) is 5.69 Å². The summed E-state index contributed by atoms with van der Waals surface area (Å²) in [5.41, 5.74) is -3.45. The van der Waals surface area contributed by atoms with Gasteiger partial charge in [0.25, 0.3) is 5.69 Å². The molecule has 0 saturated carbocycles. The molecule has 2 saturated heterocycles. The smallest absolute Gasteiger partial charge is 0.403 e. The van der Waals surface area contributed by atoms with Gasteiger partial charge in [0.2, 0.25) is 21.8 Å². The average Bonchev–Trinajstić information content (AvgIpc) is 3.42. The molecule has 2 fully saturated rings. The second-order valence-corrected chi connectivity index (χ2v) is 15.3. The normalized spacial score (nSPS) is 22.0. The summed E-state index contributed by atoms with van der Waals surface area (Å²) in [5, 5.41) is 17.5. The van der Waals surface area contributed by atoms with Gasteiger partial charge in [-0.05, 0) is 73.7 Å². The lowest BCUT2D eigenvalue weighted by Gasteiger charge is -2.40. The average molecular weight is 609 g/mol. The molecule has 1 aromatic carbocycles. The second-order valence-electron chi connectivity index (χ2n) is 13.4. The van der Waals surface area contributed by atoms with E-state index in [1.54, 1.807) is 0 Å². The summed E-state index contributed by atoms with van der Waals surface area (Å²) in [6.07, 6.45) is 2.32. The van der Waals surface area contributed by atoms with Gasteiger partial charge in [-0.25, -0.2) is 8.42 Å². The van der Waals surface area contributed by atoms with Crippen LogP contribution in [0.5, 0.6) is 0 Å². The summed E-state index contributed by atoms with van der Waals surface area (Å²) >= 11 is 0. The lowest BCUT2D eigenvalue weighted by Crippen LogP contribution is -2.65. The van der Waals surface area contributed by atoms with E-state index in [2.05, 4.69) is 10.6 Å². The van der Waals surface area contributed by atoms with Crippen molar-refractivity contribution in [1.29, 1.82) is 0 Å². The Morgan fingerprint density at radius 3 is 2.24 bits per heavy atom. The van der Waals surface area contributed by atoms with Crippen molar-refractivity contribution in [3.05, 3.63) is 34.4 Å². The van der Waals surface area contributed by atoms with E-state index in [1.807, 2.05) is 48.5 Å². The zero-order valence-electron chi connectivity index (χ0n) is 26.0. The first-order chi connectivity index (χ1) is 19.2. The van der Waals surface area contributed by atoms with Gasteiger partial charge >= 0.3 is 7.12 Å². The van der Waals surface area contributed by atoms with Crippen LogP contribution in [-0.2, 0) is 28.9 Å². The Morgan fingerprint density at radius 1 is 1.10 bits per heavy atom. The zero-order chi connectivity index (χ0) is 31.7. The Bertz CT molecular complexity index is 1280. The van der Waals surface area contributed by atoms with Crippen LogP contribution in [0, 0.1) is 16.0 Å². The van der Waals surface area contributed by atoms with Gasteiger partial charge in [-0.3, -0.25) is 19.7 Å². The molecule has 0 aromatic heterocycles. The van der Waals surface area contributed by atoms with Gasteiger partial charge < -0.3 is 19.9 Å². The molecule has 0 radical (unpaired) electrons.